The molecule has 0 aromatic heterocycles. The minimum Gasteiger partial charge on any atom is -0.493 e. The summed E-state index contributed by atoms with van der Waals surface area (Å²) in [5.74, 6) is 2.79. The lowest BCUT2D eigenvalue weighted by Gasteiger charge is -2.23. The molecule has 7 heteroatoms. The van der Waals surface area contributed by atoms with Gasteiger partial charge in [0.2, 0.25) is 0 Å². The first-order valence-corrected chi connectivity index (χ1v) is 10.2. The van der Waals surface area contributed by atoms with Crippen LogP contribution < -0.4 is 24.3 Å². The summed E-state index contributed by atoms with van der Waals surface area (Å²) >= 11 is 0. The molecule has 0 spiro atoms. The molecule has 0 aliphatic heterocycles. The van der Waals surface area contributed by atoms with Crippen molar-refractivity contribution < 1.29 is 28.8 Å². The Morgan fingerprint density at radius 3 is 2.27 bits per heavy atom. The molecule has 2 rings (SSSR count). The van der Waals surface area contributed by atoms with Crippen LogP contribution in [0, 0.1) is 0 Å². The largest absolute Gasteiger partial charge is 0.493 e. The van der Waals surface area contributed by atoms with Crippen molar-refractivity contribution in [3.05, 3.63) is 48.0 Å². The summed E-state index contributed by atoms with van der Waals surface area (Å²) < 4.78 is 27.4. The number of nitrogens with one attached hydrogen (secondary N) is 1. The molecule has 2 unspecified atom stereocenters. The molecule has 166 valence electrons. The number of ether oxygens (including phenoxy) is 5. The number of benzene rings is 2. The lowest BCUT2D eigenvalue weighted by molar-refractivity contribution is 0.0273. The number of aliphatic hydroxyl groups is 1. The van der Waals surface area contributed by atoms with Gasteiger partial charge in [0.15, 0.2) is 17.7 Å². The highest BCUT2D eigenvalue weighted by Gasteiger charge is 2.16. The van der Waals surface area contributed by atoms with Gasteiger partial charge in [-0.25, -0.2) is 0 Å². The number of aliphatic hydroxyl groups excluding tert-OH is 1. The maximum absolute atomic E-state index is 10.1. The van der Waals surface area contributed by atoms with E-state index in [1.54, 1.807) is 21.1 Å². The van der Waals surface area contributed by atoms with E-state index >= 15 is 0 Å². The maximum atomic E-state index is 10.1. The molecular formula is C23H33NO6. The third kappa shape index (κ3) is 7.74. The molecule has 2 aromatic carbocycles. The fourth-order valence-electron chi connectivity index (χ4n) is 2.83. The molecule has 0 aliphatic rings. The van der Waals surface area contributed by atoms with Gasteiger partial charge in [-0.2, -0.15) is 0 Å². The van der Waals surface area contributed by atoms with Crippen LogP contribution in [0.5, 0.6) is 23.0 Å². The average molecular weight is 420 g/mol. The van der Waals surface area contributed by atoms with E-state index in [-0.39, 0.29) is 0 Å². The summed E-state index contributed by atoms with van der Waals surface area (Å²) in [5, 5.41) is 13.3. The fraction of sp³-hybridized carbons (Fsp3) is 0.478. The highest BCUT2D eigenvalue weighted by atomic mass is 16.5. The lowest BCUT2D eigenvalue weighted by atomic mass is 10.1. The molecule has 0 radical (unpaired) electrons. The predicted octanol–water partition coefficient (Wildman–Crippen LogP) is 3.04. The van der Waals surface area contributed by atoms with Gasteiger partial charge in [-0.3, -0.25) is 5.32 Å². The first-order chi connectivity index (χ1) is 14.6. The molecule has 2 aromatic rings. The van der Waals surface area contributed by atoms with E-state index < -0.39 is 12.3 Å². The summed E-state index contributed by atoms with van der Waals surface area (Å²) in [4.78, 5) is 0. The van der Waals surface area contributed by atoms with E-state index in [1.807, 2.05) is 49.4 Å². The average Bonchev–Trinajstić information content (AvgIpc) is 2.76. The van der Waals surface area contributed by atoms with Crippen LogP contribution in [0.15, 0.2) is 42.5 Å². The van der Waals surface area contributed by atoms with Crippen molar-refractivity contribution in [1.82, 2.24) is 5.32 Å². The third-order valence-electron chi connectivity index (χ3n) is 4.43. The summed E-state index contributed by atoms with van der Waals surface area (Å²) in [7, 11) is 3.23. The van der Waals surface area contributed by atoms with Crippen molar-refractivity contribution >= 4 is 0 Å². The zero-order chi connectivity index (χ0) is 21.8. The van der Waals surface area contributed by atoms with Gasteiger partial charge in [-0.1, -0.05) is 6.07 Å². The minimum atomic E-state index is -0.683. The molecule has 7 nitrogen and oxygen atoms in total. The first-order valence-electron chi connectivity index (χ1n) is 10.2. The van der Waals surface area contributed by atoms with Gasteiger partial charge in [0, 0.05) is 13.2 Å². The van der Waals surface area contributed by atoms with Crippen LogP contribution in [-0.4, -0.2) is 58.0 Å². The fourth-order valence-corrected chi connectivity index (χ4v) is 2.83. The Bertz CT molecular complexity index is 735. The van der Waals surface area contributed by atoms with Crippen LogP contribution in [0.4, 0.5) is 0 Å². The monoisotopic (exact) mass is 419 g/mol. The number of rotatable bonds is 14. The first kappa shape index (κ1) is 23.8. The summed E-state index contributed by atoms with van der Waals surface area (Å²) in [5.41, 5.74) is 1.10. The van der Waals surface area contributed by atoms with Crippen molar-refractivity contribution in [2.24, 2.45) is 0 Å². The smallest absolute Gasteiger partial charge is 0.176 e. The standard InChI is InChI=1S/C23H33NO6/c1-5-28-14-15-29-19-7-9-20(10-8-19)30-23(17(2)25)24-13-12-18-6-11-21(26-3)22(16-18)27-4/h6-11,16-17,23-25H,5,12-15H2,1-4H3. The molecule has 0 saturated heterocycles. The second-order valence-electron chi connectivity index (χ2n) is 6.69. The molecule has 2 atom stereocenters. The number of methoxy groups -OCH3 is 2. The van der Waals surface area contributed by atoms with Crippen molar-refractivity contribution in [2.75, 3.05) is 40.6 Å². The lowest BCUT2D eigenvalue weighted by Crippen LogP contribution is -2.43. The predicted molar refractivity (Wildman–Crippen MR) is 116 cm³/mol. The van der Waals surface area contributed by atoms with E-state index in [9.17, 15) is 5.11 Å². The molecule has 30 heavy (non-hydrogen) atoms. The van der Waals surface area contributed by atoms with E-state index in [0.29, 0.717) is 43.6 Å². The van der Waals surface area contributed by atoms with Gasteiger partial charge in [-0.15, -0.1) is 0 Å². The Morgan fingerprint density at radius 1 is 0.933 bits per heavy atom. The molecule has 0 saturated carbocycles. The zero-order valence-corrected chi connectivity index (χ0v) is 18.2. The Hall–Kier alpha value is -2.48. The molecule has 0 amide bonds. The van der Waals surface area contributed by atoms with Crippen LogP contribution in [-0.2, 0) is 11.2 Å². The third-order valence-corrected chi connectivity index (χ3v) is 4.43. The second kappa shape index (κ2) is 13.0. The van der Waals surface area contributed by atoms with Crippen LogP contribution >= 0.6 is 0 Å². The van der Waals surface area contributed by atoms with Gasteiger partial charge < -0.3 is 28.8 Å². The molecule has 0 heterocycles. The van der Waals surface area contributed by atoms with Gasteiger partial charge in [0.25, 0.3) is 0 Å². The quantitative estimate of drug-likeness (QED) is 0.360. The van der Waals surface area contributed by atoms with Gasteiger partial charge >= 0.3 is 0 Å². The van der Waals surface area contributed by atoms with E-state index in [2.05, 4.69) is 5.32 Å². The molecule has 0 bridgehead atoms. The molecule has 0 fully saturated rings. The zero-order valence-electron chi connectivity index (χ0n) is 18.2. The van der Waals surface area contributed by atoms with Crippen LogP contribution in [0.1, 0.15) is 19.4 Å². The minimum absolute atomic E-state index is 0.502. The molecule has 2 N–H and O–H groups in total. The van der Waals surface area contributed by atoms with Crippen molar-refractivity contribution in [2.45, 2.75) is 32.6 Å². The van der Waals surface area contributed by atoms with E-state index in [0.717, 1.165) is 17.7 Å². The van der Waals surface area contributed by atoms with Crippen molar-refractivity contribution in [3.63, 3.8) is 0 Å². The summed E-state index contributed by atoms with van der Waals surface area (Å²) in [6.45, 7) is 6.01. The van der Waals surface area contributed by atoms with Gasteiger partial charge in [-0.05, 0) is 62.2 Å². The van der Waals surface area contributed by atoms with Gasteiger partial charge in [0.1, 0.15) is 24.2 Å². The van der Waals surface area contributed by atoms with Crippen LogP contribution in [0.25, 0.3) is 0 Å². The number of hydrogen-bond donors (Lipinski definition) is 2. The highest BCUT2D eigenvalue weighted by Crippen LogP contribution is 2.27. The van der Waals surface area contributed by atoms with E-state index in [4.69, 9.17) is 23.7 Å². The normalized spacial score (nSPS) is 12.8. The number of hydrogen-bond acceptors (Lipinski definition) is 7. The maximum Gasteiger partial charge on any atom is 0.176 e. The van der Waals surface area contributed by atoms with Crippen LogP contribution in [0.2, 0.25) is 0 Å². The molecule has 0 aliphatic carbocycles. The van der Waals surface area contributed by atoms with Crippen LogP contribution in [0.3, 0.4) is 0 Å². The van der Waals surface area contributed by atoms with Crippen molar-refractivity contribution in [3.8, 4) is 23.0 Å². The van der Waals surface area contributed by atoms with E-state index in [1.165, 1.54) is 0 Å². The topological polar surface area (TPSA) is 78.4 Å². The summed E-state index contributed by atoms with van der Waals surface area (Å²) in [6.07, 6.45) is -0.466. The Balaban J connectivity index is 1.84. The molecular weight excluding hydrogens is 386 g/mol. The summed E-state index contributed by atoms with van der Waals surface area (Å²) in [6, 6.07) is 13.1. The highest BCUT2D eigenvalue weighted by molar-refractivity contribution is 5.43. The van der Waals surface area contributed by atoms with Crippen molar-refractivity contribution in [1.29, 1.82) is 0 Å². The Labute approximate surface area is 178 Å². The Kier molecular flexibility index (Phi) is 10.3. The SMILES string of the molecule is CCOCCOc1ccc(OC(NCCc2ccc(OC)c(OC)c2)C(C)O)cc1. The Morgan fingerprint density at radius 2 is 1.63 bits per heavy atom. The second-order valence-corrected chi connectivity index (χ2v) is 6.69. The van der Waals surface area contributed by atoms with Gasteiger partial charge in [0.05, 0.1) is 20.8 Å².